The van der Waals surface area contributed by atoms with Crippen LogP contribution in [0.1, 0.15) is 44.4 Å². The summed E-state index contributed by atoms with van der Waals surface area (Å²) < 4.78 is 8.78. The second kappa shape index (κ2) is 6.20. The van der Waals surface area contributed by atoms with Gasteiger partial charge in [0, 0.05) is 23.1 Å². The van der Waals surface area contributed by atoms with Crippen molar-refractivity contribution in [3.05, 3.63) is 71.4 Å². The number of nitrogens with zero attached hydrogens (tertiary/aromatic N) is 1. The number of hydrogen-bond donors (Lipinski definition) is 0. The fourth-order valence-electron chi connectivity index (χ4n) is 4.05. The molecule has 2 heterocycles. The maximum absolute atomic E-state index is 6.58. The van der Waals surface area contributed by atoms with Crippen LogP contribution in [0.3, 0.4) is 0 Å². The second-order valence-electron chi connectivity index (χ2n) is 9.15. The molecular formula is C26H30NO+. The van der Waals surface area contributed by atoms with Crippen LogP contribution >= 0.6 is 0 Å². The minimum Gasteiger partial charge on any atom is -0.486 e. The quantitative estimate of drug-likeness (QED) is 0.510. The van der Waals surface area contributed by atoms with Crippen molar-refractivity contribution in [2.24, 2.45) is 7.05 Å². The monoisotopic (exact) mass is 372 g/mol. The molecule has 0 saturated heterocycles. The molecular weight excluding hydrogens is 342 g/mol. The molecule has 0 amide bonds. The molecule has 0 fully saturated rings. The number of fused-ring (bicyclic) bond motifs is 1. The van der Waals surface area contributed by atoms with Gasteiger partial charge in [-0.1, -0.05) is 55.8 Å². The van der Waals surface area contributed by atoms with Crippen LogP contribution in [0.25, 0.3) is 22.4 Å². The van der Waals surface area contributed by atoms with Crippen molar-refractivity contribution >= 4 is 0 Å². The average molecular weight is 373 g/mol. The lowest BCUT2D eigenvalue weighted by Gasteiger charge is -2.33. The number of aromatic nitrogens is 1. The van der Waals surface area contributed by atoms with Gasteiger partial charge in [0.25, 0.3) is 0 Å². The van der Waals surface area contributed by atoms with E-state index in [2.05, 4.69) is 108 Å². The lowest BCUT2D eigenvalue weighted by molar-refractivity contribution is -0.660. The number of aryl methyl sites for hydroxylation is 3. The van der Waals surface area contributed by atoms with Gasteiger partial charge < -0.3 is 4.74 Å². The molecule has 1 aliphatic rings. The standard InChI is InChI=1S/C26H30NO/c1-17-8-11-19(12-9-17)20-14-15-27(7)22(16-20)23-18(2)10-13-21-24(23)28-26(5,6)25(21,3)4/h8-16H,1-7H3/q+1. The Bertz CT molecular complexity index is 1060. The highest BCUT2D eigenvalue weighted by atomic mass is 16.5. The number of ether oxygens (including phenoxy) is 1. The molecule has 0 aliphatic carbocycles. The van der Waals surface area contributed by atoms with Crippen LogP contribution in [0.4, 0.5) is 0 Å². The lowest BCUT2D eigenvalue weighted by atomic mass is 9.73. The summed E-state index contributed by atoms with van der Waals surface area (Å²) in [6.07, 6.45) is 2.15. The first-order valence-electron chi connectivity index (χ1n) is 10.0. The minimum absolute atomic E-state index is 0.0437. The maximum atomic E-state index is 6.58. The molecule has 2 nitrogen and oxygen atoms in total. The average Bonchev–Trinajstić information content (AvgIpc) is 2.81. The van der Waals surface area contributed by atoms with Gasteiger partial charge in [-0.2, -0.15) is 0 Å². The van der Waals surface area contributed by atoms with Gasteiger partial charge in [0.05, 0.1) is 5.56 Å². The van der Waals surface area contributed by atoms with Gasteiger partial charge in [-0.05, 0) is 44.4 Å². The summed E-state index contributed by atoms with van der Waals surface area (Å²) in [4.78, 5) is 0. The van der Waals surface area contributed by atoms with Crippen LogP contribution in [0.15, 0.2) is 54.7 Å². The van der Waals surface area contributed by atoms with E-state index in [0.29, 0.717) is 0 Å². The van der Waals surface area contributed by atoms with E-state index in [1.807, 2.05) is 0 Å². The summed E-state index contributed by atoms with van der Waals surface area (Å²) in [5.41, 5.74) is 8.36. The summed E-state index contributed by atoms with van der Waals surface area (Å²) in [5.74, 6) is 1.03. The topological polar surface area (TPSA) is 13.1 Å². The van der Waals surface area contributed by atoms with Crippen LogP contribution in [-0.4, -0.2) is 5.60 Å². The molecule has 0 spiro atoms. The highest BCUT2D eigenvalue weighted by molar-refractivity contribution is 5.77. The van der Waals surface area contributed by atoms with E-state index in [1.54, 1.807) is 0 Å². The zero-order valence-corrected chi connectivity index (χ0v) is 18.1. The Morgan fingerprint density at radius 2 is 1.50 bits per heavy atom. The molecule has 1 aromatic heterocycles. The van der Waals surface area contributed by atoms with Crippen molar-refractivity contribution in [3.63, 3.8) is 0 Å². The van der Waals surface area contributed by atoms with Crippen LogP contribution in [-0.2, 0) is 12.5 Å². The molecule has 0 N–H and O–H groups in total. The Kier molecular flexibility index (Phi) is 4.15. The molecule has 1 aliphatic heterocycles. The van der Waals surface area contributed by atoms with Gasteiger partial charge >= 0.3 is 0 Å². The van der Waals surface area contributed by atoms with Gasteiger partial charge in [0.15, 0.2) is 6.20 Å². The third-order valence-electron chi connectivity index (χ3n) is 6.69. The van der Waals surface area contributed by atoms with E-state index >= 15 is 0 Å². The molecule has 0 atom stereocenters. The number of benzene rings is 2. The van der Waals surface area contributed by atoms with Crippen molar-refractivity contribution in [1.82, 2.24) is 0 Å². The highest BCUT2D eigenvalue weighted by Gasteiger charge is 2.49. The Morgan fingerprint density at radius 3 is 2.18 bits per heavy atom. The van der Waals surface area contributed by atoms with Crippen molar-refractivity contribution in [1.29, 1.82) is 0 Å². The molecule has 4 rings (SSSR count). The van der Waals surface area contributed by atoms with Gasteiger partial charge in [-0.25, -0.2) is 4.57 Å². The van der Waals surface area contributed by atoms with Gasteiger partial charge in [-0.3, -0.25) is 0 Å². The molecule has 0 saturated carbocycles. The molecule has 144 valence electrons. The third kappa shape index (κ3) is 2.74. The summed E-state index contributed by atoms with van der Waals surface area (Å²) in [6, 6.07) is 17.7. The minimum atomic E-state index is -0.245. The normalized spacial score (nSPS) is 16.5. The largest absolute Gasteiger partial charge is 0.486 e. The number of pyridine rings is 1. The van der Waals surface area contributed by atoms with Crippen LogP contribution in [0.2, 0.25) is 0 Å². The van der Waals surface area contributed by atoms with Gasteiger partial charge in [0.2, 0.25) is 5.69 Å². The Morgan fingerprint density at radius 1 is 0.821 bits per heavy atom. The summed E-state index contributed by atoms with van der Waals surface area (Å²) in [6.45, 7) is 13.2. The molecule has 0 bridgehead atoms. The first-order chi connectivity index (χ1) is 13.1. The SMILES string of the molecule is Cc1ccc(-c2cc[n+](C)c(-c3c(C)ccc4c3OC(C)(C)C4(C)C)c2)cc1. The number of hydrogen-bond acceptors (Lipinski definition) is 1. The van der Waals surface area contributed by atoms with Crippen molar-refractivity contribution in [2.45, 2.75) is 52.6 Å². The highest BCUT2D eigenvalue weighted by Crippen LogP contribution is 2.53. The zero-order valence-electron chi connectivity index (χ0n) is 18.1. The van der Waals surface area contributed by atoms with E-state index in [4.69, 9.17) is 4.74 Å². The molecule has 2 heteroatoms. The van der Waals surface area contributed by atoms with E-state index in [0.717, 1.165) is 5.75 Å². The van der Waals surface area contributed by atoms with Crippen molar-refractivity contribution < 1.29 is 9.30 Å². The summed E-state index contributed by atoms with van der Waals surface area (Å²) in [5, 5.41) is 0. The van der Waals surface area contributed by atoms with Crippen molar-refractivity contribution in [3.8, 4) is 28.1 Å². The Balaban J connectivity index is 1.93. The Labute approximate surface area is 168 Å². The lowest BCUT2D eigenvalue weighted by Crippen LogP contribution is -2.41. The summed E-state index contributed by atoms with van der Waals surface area (Å²) >= 11 is 0. The summed E-state index contributed by atoms with van der Waals surface area (Å²) in [7, 11) is 2.11. The van der Waals surface area contributed by atoms with Crippen molar-refractivity contribution in [2.75, 3.05) is 0 Å². The van der Waals surface area contributed by atoms with Crippen LogP contribution < -0.4 is 9.30 Å². The second-order valence-corrected chi connectivity index (χ2v) is 9.15. The number of rotatable bonds is 2. The molecule has 0 radical (unpaired) electrons. The predicted octanol–water partition coefficient (Wildman–Crippen LogP) is 5.91. The predicted molar refractivity (Wildman–Crippen MR) is 116 cm³/mol. The first kappa shape index (κ1) is 18.7. The van der Waals surface area contributed by atoms with Gasteiger partial charge in [-0.15, -0.1) is 0 Å². The van der Waals surface area contributed by atoms with E-state index in [1.165, 1.54) is 39.1 Å². The fourth-order valence-corrected chi connectivity index (χ4v) is 4.05. The maximum Gasteiger partial charge on any atom is 0.216 e. The third-order valence-corrected chi connectivity index (χ3v) is 6.69. The van der Waals surface area contributed by atoms with Crippen LogP contribution in [0, 0.1) is 13.8 Å². The van der Waals surface area contributed by atoms with Crippen LogP contribution in [0.5, 0.6) is 5.75 Å². The molecule has 28 heavy (non-hydrogen) atoms. The smallest absolute Gasteiger partial charge is 0.216 e. The Hall–Kier alpha value is -2.61. The first-order valence-corrected chi connectivity index (χ1v) is 10.0. The fraction of sp³-hybridized carbons (Fsp3) is 0.346. The molecule has 0 unspecified atom stereocenters. The van der Waals surface area contributed by atoms with E-state index in [9.17, 15) is 0 Å². The molecule has 2 aromatic carbocycles. The van der Waals surface area contributed by atoms with Gasteiger partial charge in [0.1, 0.15) is 18.4 Å². The zero-order chi connectivity index (χ0) is 20.3. The van der Waals surface area contributed by atoms with E-state index < -0.39 is 0 Å². The molecule has 3 aromatic rings. The van der Waals surface area contributed by atoms with E-state index in [-0.39, 0.29) is 11.0 Å².